The number of nitrogens with one attached hydrogen (secondary N) is 1. The van der Waals surface area contributed by atoms with Crippen molar-refractivity contribution in [3.63, 3.8) is 0 Å². The highest BCUT2D eigenvalue weighted by Crippen LogP contribution is 2.29. The summed E-state index contributed by atoms with van der Waals surface area (Å²) < 4.78 is 0. The van der Waals surface area contributed by atoms with E-state index in [-0.39, 0.29) is 6.04 Å². The first kappa shape index (κ1) is 14.2. The number of halogens is 2. The molecule has 0 spiro atoms. The Bertz CT molecular complexity index is 593. The molecule has 0 fully saturated rings. The number of aryl methyl sites for hydroxylation is 2. The van der Waals surface area contributed by atoms with Crippen LogP contribution < -0.4 is 5.32 Å². The van der Waals surface area contributed by atoms with Crippen LogP contribution in [0.4, 0.5) is 5.69 Å². The third-order valence-electron chi connectivity index (χ3n) is 3.33. The molecule has 2 rings (SSSR count). The molecule has 1 atom stereocenters. The van der Waals surface area contributed by atoms with Gasteiger partial charge >= 0.3 is 0 Å². The molecule has 0 radical (unpaired) electrons. The van der Waals surface area contributed by atoms with Crippen LogP contribution in [0.3, 0.4) is 0 Å². The van der Waals surface area contributed by atoms with Crippen molar-refractivity contribution in [2.75, 3.05) is 5.32 Å². The predicted molar refractivity (Wildman–Crippen MR) is 84.4 cm³/mol. The molecule has 3 heteroatoms. The molecule has 2 aromatic carbocycles. The van der Waals surface area contributed by atoms with Gasteiger partial charge in [-0.05, 0) is 55.7 Å². The predicted octanol–water partition coefficient (Wildman–Crippen LogP) is 5.78. The standard InChI is InChI=1S/C16H17Cl2N/c1-10-4-5-13(8-11(10)2)12(3)19-16-9-14(17)6-7-15(16)18/h4-9,12,19H,1-3H3. The second-order valence-corrected chi connectivity index (χ2v) is 5.68. The molecule has 2 aromatic rings. The lowest BCUT2D eigenvalue weighted by molar-refractivity contribution is 0.882. The van der Waals surface area contributed by atoms with Crippen LogP contribution in [0.25, 0.3) is 0 Å². The van der Waals surface area contributed by atoms with Crippen molar-refractivity contribution in [1.29, 1.82) is 0 Å². The van der Waals surface area contributed by atoms with E-state index in [0.29, 0.717) is 10.0 Å². The molecule has 0 aliphatic rings. The third-order valence-corrected chi connectivity index (χ3v) is 3.90. The van der Waals surface area contributed by atoms with Gasteiger partial charge in [0.2, 0.25) is 0 Å². The quantitative estimate of drug-likeness (QED) is 0.756. The monoisotopic (exact) mass is 293 g/mol. The van der Waals surface area contributed by atoms with Gasteiger partial charge in [-0.1, -0.05) is 41.4 Å². The summed E-state index contributed by atoms with van der Waals surface area (Å²) in [6, 6.07) is 12.1. The molecule has 0 heterocycles. The van der Waals surface area contributed by atoms with Crippen molar-refractivity contribution in [2.24, 2.45) is 0 Å². The van der Waals surface area contributed by atoms with E-state index in [9.17, 15) is 0 Å². The summed E-state index contributed by atoms with van der Waals surface area (Å²) in [5.41, 5.74) is 4.69. The molecular formula is C16H17Cl2N. The van der Waals surface area contributed by atoms with Gasteiger partial charge in [-0.25, -0.2) is 0 Å². The summed E-state index contributed by atoms with van der Waals surface area (Å²) in [6.45, 7) is 6.35. The fourth-order valence-corrected chi connectivity index (χ4v) is 2.30. The minimum Gasteiger partial charge on any atom is -0.377 e. The molecule has 0 aliphatic carbocycles. The highest BCUT2D eigenvalue weighted by atomic mass is 35.5. The Hall–Kier alpha value is -1.18. The maximum atomic E-state index is 6.16. The van der Waals surface area contributed by atoms with Gasteiger partial charge in [0.25, 0.3) is 0 Å². The van der Waals surface area contributed by atoms with E-state index in [2.05, 4.69) is 44.3 Å². The Balaban J connectivity index is 2.22. The fourth-order valence-electron chi connectivity index (χ4n) is 1.96. The largest absolute Gasteiger partial charge is 0.377 e. The summed E-state index contributed by atoms with van der Waals surface area (Å²) in [7, 11) is 0. The van der Waals surface area contributed by atoms with Crippen LogP contribution in [0.2, 0.25) is 10.0 Å². The number of rotatable bonds is 3. The van der Waals surface area contributed by atoms with E-state index in [0.717, 1.165) is 5.69 Å². The maximum absolute atomic E-state index is 6.16. The molecule has 0 saturated heterocycles. The topological polar surface area (TPSA) is 12.0 Å². The normalized spacial score (nSPS) is 12.3. The number of anilines is 1. The third kappa shape index (κ3) is 3.43. The first-order chi connectivity index (χ1) is 8.97. The Morgan fingerprint density at radius 2 is 1.68 bits per heavy atom. The van der Waals surface area contributed by atoms with Gasteiger partial charge in [0, 0.05) is 11.1 Å². The highest BCUT2D eigenvalue weighted by molar-refractivity contribution is 6.35. The van der Waals surface area contributed by atoms with Gasteiger partial charge in [0.15, 0.2) is 0 Å². The summed E-state index contributed by atoms with van der Waals surface area (Å²) in [5.74, 6) is 0. The summed E-state index contributed by atoms with van der Waals surface area (Å²) in [5, 5.41) is 4.76. The lowest BCUT2D eigenvalue weighted by Gasteiger charge is -2.18. The SMILES string of the molecule is Cc1ccc(C(C)Nc2cc(Cl)ccc2Cl)cc1C. The molecule has 1 N–H and O–H groups in total. The van der Waals surface area contributed by atoms with Crippen LogP contribution in [0.1, 0.15) is 29.7 Å². The molecule has 0 amide bonds. The minimum atomic E-state index is 0.176. The molecule has 0 bridgehead atoms. The van der Waals surface area contributed by atoms with Gasteiger partial charge in [0.05, 0.1) is 10.7 Å². The first-order valence-electron chi connectivity index (χ1n) is 6.26. The van der Waals surface area contributed by atoms with Crippen LogP contribution in [-0.2, 0) is 0 Å². The maximum Gasteiger partial charge on any atom is 0.0638 e. The van der Waals surface area contributed by atoms with Gasteiger partial charge < -0.3 is 5.32 Å². The zero-order valence-electron chi connectivity index (χ0n) is 11.3. The van der Waals surface area contributed by atoms with Gasteiger partial charge in [-0.2, -0.15) is 0 Å². The zero-order chi connectivity index (χ0) is 14.0. The second kappa shape index (κ2) is 5.85. The van der Waals surface area contributed by atoms with Crippen molar-refractivity contribution in [2.45, 2.75) is 26.8 Å². The second-order valence-electron chi connectivity index (χ2n) is 4.83. The zero-order valence-corrected chi connectivity index (χ0v) is 12.8. The van der Waals surface area contributed by atoms with E-state index in [4.69, 9.17) is 23.2 Å². The molecule has 1 nitrogen and oxygen atoms in total. The molecule has 100 valence electrons. The number of hydrogen-bond donors (Lipinski definition) is 1. The van der Waals surface area contributed by atoms with Gasteiger partial charge in [-0.3, -0.25) is 0 Å². The van der Waals surface area contributed by atoms with Crippen LogP contribution in [-0.4, -0.2) is 0 Å². The van der Waals surface area contributed by atoms with E-state index in [1.54, 1.807) is 12.1 Å². The Kier molecular flexibility index (Phi) is 4.38. The van der Waals surface area contributed by atoms with Crippen molar-refractivity contribution >= 4 is 28.9 Å². The summed E-state index contributed by atoms with van der Waals surface area (Å²) in [4.78, 5) is 0. The fraction of sp³-hybridized carbons (Fsp3) is 0.250. The van der Waals surface area contributed by atoms with Gasteiger partial charge in [-0.15, -0.1) is 0 Å². The number of benzene rings is 2. The van der Waals surface area contributed by atoms with E-state index in [1.165, 1.54) is 16.7 Å². The Labute approximate surface area is 124 Å². The highest BCUT2D eigenvalue weighted by Gasteiger charge is 2.09. The lowest BCUT2D eigenvalue weighted by atomic mass is 10.0. The molecule has 0 saturated carbocycles. The number of hydrogen-bond acceptors (Lipinski definition) is 1. The van der Waals surface area contributed by atoms with E-state index < -0.39 is 0 Å². The van der Waals surface area contributed by atoms with Crippen LogP contribution in [0.15, 0.2) is 36.4 Å². The summed E-state index contributed by atoms with van der Waals surface area (Å²) in [6.07, 6.45) is 0. The van der Waals surface area contributed by atoms with Crippen molar-refractivity contribution < 1.29 is 0 Å². The Morgan fingerprint density at radius 3 is 2.37 bits per heavy atom. The average Bonchev–Trinajstić information content (AvgIpc) is 2.37. The summed E-state index contributed by atoms with van der Waals surface area (Å²) >= 11 is 12.2. The van der Waals surface area contributed by atoms with E-state index in [1.807, 2.05) is 6.07 Å². The van der Waals surface area contributed by atoms with Crippen LogP contribution in [0, 0.1) is 13.8 Å². The van der Waals surface area contributed by atoms with Crippen molar-refractivity contribution in [3.05, 3.63) is 63.1 Å². The lowest BCUT2D eigenvalue weighted by Crippen LogP contribution is -2.07. The van der Waals surface area contributed by atoms with Crippen LogP contribution >= 0.6 is 23.2 Å². The minimum absolute atomic E-state index is 0.176. The van der Waals surface area contributed by atoms with E-state index >= 15 is 0 Å². The van der Waals surface area contributed by atoms with Crippen molar-refractivity contribution in [3.8, 4) is 0 Å². The van der Waals surface area contributed by atoms with Crippen LogP contribution in [0.5, 0.6) is 0 Å². The van der Waals surface area contributed by atoms with Crippen molar-refractivity contribution in [1.82, 2.24) is 0 Å². The molecular weight excluding hydrogens is 277 g/mol. The molecule has 0 aromatic heterocycles. The average molecular weight is 294 g/mol. The first-order valence-corrected chi connectivity index (χ1v) is 7.01. The Morgan fingerprint density at radius 1 is 0.947 bits per heavy atom. The molecule has 1 unspecified atom stereocenters. The molecule has 19 heavy (non-hydrogen) atoms. The van der Waals surface area contributed by atoms with Gasteiger partial charge in [0.1, 0.15) is 0 Å². The molecule has 0 aliphatic heterocycles. The smallest absolute Gasteiger partial charge is 0.0638 e.